The lowest BCUT2D eigenvalue weighted by Gasteiger charge is -2.48. The van der Waals surface area contributed by atoms with Gasteiger partial charge in [-0.15, -0.1) is 0 Å². The second kappa shape index (κ2) is 9.28. The number of fused-ring (bicyclic) bond motifs is 1. The molecule has 5 rings (SSSR count). The van der Waals surface area contributed by atoms with Crippen LogP contribution < -0.4 is 10.1 Å². The molecule has 3 aromatic rings. The van der Waals surface area contributed by atoms with Crippen molar-refractivity contribution in [2.45, 2.75) is 44.5 Å². The molecule has 0 aromatic heterocycles. The van der Waals surface area contributed by atoms with Gasteiger partial charge >= 0.3 is 0 Å². The highest BCUT2D eigenvalue weighted by Crippen LogP contribution is 2.41. The van der Waals surface area contributed by atoms with Gasteiger partial charge in [0.25, 0.3) is 5.91 Å². The number of hydrogen-bond donors (Lipinski definition) is 1. The zero-order chi connectivity index (χ0) is 22.7. The maximum Gasteiger partial charge on any atom is 0.258 e. The first-order valence-electron chi connectivity index (χ1n) is 11.8. The number of para-hydroxylation sites is 1. The van der Waals surface area contributed by atoms with E-state index in [4.69, 9.17) is 9.47 Å². The zero-order valence-electron chi connectivity index (χ0n) is 19.0. The second-order valence-electron chi connectivity index (χ2n) is 8.73. The van der Waals surface area contributed by atoms with Gasteiger partial charge in [-0.25, -0.2) is 0 Å². The molecular weight excluding hydrogens is 412 g/mol. The molecule has 1 fully saturated rings. The number of nitrogens with one attached hydrogen (secondary N) is 1. The third-order valence-electron chi connectivity index (χ3n) is 6.69. The molecule has 3 aromatic carbocycles. The molecule has 0 saturated carbocycles. The summed E-state index contributed by atoms with van der Waals surface area (Å²) in [6.07, 6.45) is 3.05. The quantitative estimate of drug-likeness (QED) is 0.519. The van der Waals surface area contributed by atoms with Crippen LogP contribution in [0.1, 0.15) is 47.7 Å². The molecule has 1 amide bonds. The maximum atomic E-state index is 13.7. The Kier molecular flexibility index (Phi) is 6.05. The Labute approximate surface area is 195 Å². The van der Waals surface area contributed by atoms with Gasteiger partial charge in [-0.3, -0.25) is 4.79 Å². The molecule has 0 radical (unpaired) electrons. The van der Waals surface area contributed by atoms with Gasteiger partial charge in [0.15, 0.2) is 0 Å². The standard InChI is InChI=1S/C28H30N2O3/c1-2-28(22-14-16-23(17-15-22)33-20-24-11-8-18-32-24)29-26-13-7-6-12-25(26)27(31)30(28)19-21-9-4-3-5-10-21/h3-7,9-10,12-17,24,29H,2,8,11,18-20H2,1H3. The molecule has 2 aliphatic heterocycles. The van der Waals surface area contributed by atoms with E-state index in [0.29, 0.717) is 18.7 Å². The highest BCUT2D eigenvalue weighted by atomic mass is 16.5. The fourth-order valence-electron chi connectivity index (χ4n) is 4.86. The van der Waals surface area contributed by atoms with E-state index >= 15 is 0 Å². The SMILES string of the molecule is CCC1(c2ccc(OCC3CCCO3)cc2)Nc2ccccc2C(=O)N1Cc1ccccc1. The van der Waals surface area contributed by atoms with E-state index in [1.54, 1.807) is 0 Å². The van der Waals surface area contributed by atoms with E-state index in [-0.39, 0.29) is 12.0 Å². The fourth-order valence-corrected chi connectivity index (χ4v) is 4.86. The molecule has 1 N–H and O–H groups in total. The lowest BCUT2D eigenvalue weighted by Crippen LogP contribution is -2.56. The molecule has 0 aliphatic carbocycles. The summed E-state index contributed by atoms with van der Waals surface area (Å²) in [4.78, 5) is 15.7. The zero-order valence-corrected chi connectivity index (χ0v) is 19.0. The van der Waals surface area contributed by atoms with E-state index in [9.17, 15) is 4.79 Å². The summed E-state index contributed by atoms with van der Waals surface area (Å²) in [7, 11) is 0. The average molecular weight is 443 g/mol. The van der Waals surface area contributed by atoms with Crippen molar-refractivity contribution in [3.8, 4) is 5.75 Å². The van der Waals surface area contributed by atoms with Crippen molar-refractivity contribution in [2.24, 2.45) is 0 Å². The van der Waals surface area contributed by atoms with Crippen LogP contribution in [-0.2, 0) is 16.9 Å². The summed E-state index contributed by atoms with van der Waals surface area (Å²) in [6, 6.07) is 26.0. The third kappa shape index (κ3) is 4.21. The number of nitrogens with zero attached hydrogens (tertiary/aromatic N) is 1. The largest absolute Gasteiger partial charge is 0.491 e. The van der Waals surface area contributed by atoms with Crippen LogP contribution in [0.2, 0.25) is 0 Å². The van der Waals surface area contributed by atoms with Gasteiger partial charge in [0.05, 0.1) is 11.7 Å². The minimum atomic E-state index is -0.658. The normalized spacial score (nSPS) is 22.0. The van der Waals surface area contributed by atoms with Gasteiger partial charge in [0.1, 0.15) is 18.0 Å². The highest BCUT2D eigenvalue weighted by Gasteiger charge is 2.44. The van der Waals surface area contributed by atoms with Gasteiger partial charge < -0.3 is 19.7 Å². The van der Waals surface area contributed by atoms with Crippen molar-refractivity contribution in [2.75, 3.05) is 18.5 Å². The number of carbonyl (C=O) groups is 1. The Morgan fingerprint density at radius 2 is 1.79 bits per heavy atom. The van der Waals surface area contributed by atoms with E-state index in [1.807, 2.05) is 59.5 Å². The van der Waals surface area contributed by atoms with Gasteiger partial charge in [-0.1, -0.05) is 61.5 Å². The van der Waals surface area contributed by atoms with Gasteiger partial charge in [0.2, 0.25) is 0 Å². The van der Waals surface area contributed by atoms with E-state index < -0.39 is 5.66 Å². The molecule has 33 heavy (non-hydrogen) atoms. The average Bonchev–Trinajstić information content (AvgIpc) is 3.39. The summed E-state index contributed by atoms with van der Waals surface area (Å²) in [5.41, 5.74) is 3.05. The van der Waals surface area contributed by atoms with Crippen LogP contribution in [0.3, 0.4) is 0 Å². The second-order valence-corrected chi connectivity index (χ2v) is 8.73. The summed E-state index contributed by atoms with van der Waals surface area (Å²) in [5.74, 6) is 0.853. The van der Waals surface area contributed by atoms with E-state index in [0.717, 1.165) is 48.4 Å². The van der Waals surface area contributed by atoms with Crippen LogP contribution in [0.4, 0.5) is 5.69 Å². The Bertz CT molecular complexity index is 1090. The van der Waals surface area contributed by atoms with E-state index in [1.165, 1.54) is 0 Å². The van der Waals surface area contributed by atoms with Crippen LogP contribution >= 0.6 is 0 Å². The molecule has 2 atom stereocenters. The number of carbonyl (C=O) groups excluding carboxylic acids is 1. The molecule has 5 heteroatoms. The molecular formula is C28H30N2O3. The van der Waals surface area contributed by atoms with Crippen molar-refractivity contribution in [3.63, 3.8) is 0 Å². The van der Waals surface area contributed by atoms with Gasteiger partial charge in [-0.05, 0) is 54.7 Å². The van der Waals surface area contributed by atoms with Crippen molar-refractivity contribution >= 4 is 11.6 Å². The highest BCUT2D eigenvalue weighted by molar-refractivity contribution is 6.02. The number of ether oxygens (including phenoxy) is 2. The van der Waals surface area contributed by atoms with Crippen molar-refractivity contribution in [1.29, 1.82) is 0 Å². The predicted molar refractivity (Wildman–Crippen MR) is 129 cm³/mol. The number of rotatable bonds is 7. The molecule has 170 valence electrons. The number of hydrogen-bond acceptors (Lipinski definition) is 4. The number of amides is 1. The Hall–Kier alpha value is -3.31. The molecule has 2 heterocycles. The van der Waals surface area contributed by atoms with E-state index in [2.05, 4.69) is 36.5 Å². The number of anilines is 1. The lowest BCUT2D eigenvalue weighted by molar-refractivity contribution is 0.0454. The van der Waals surface area contributed by atoms with Crippen LogP contribution in [0.5, 0.6) is 5.75 Å². The van der Waals surface area contributed by atoms with Crippen LogP contribution in [0, 0.1) is 0 Å². The minimum Gasteiger partial charge on any atom is -0.491 e. The Morgan fingerprint density at radius 1 is 1.03 bits per heavy atom. The van der Waals surface area contributed by atoms with Crippen molar-refractivity contribution in [1.82, 2.24) is 4.90 Å². The van der Waals surface area contributed by atoms with Gasteiger partial charge in [0, 0.05) is 18.8 Å². The lowest BCUT2D eigenvalue weighted by atomic mass is 9.89. The summed E-state index contributed by atoms with van der Waals surface area (Å²) < 4.78 is 11.6. The Balaban J connectivity index is 1.47. The summed E-state index contributed by atoms with van der Waals surface area (Å²) in [5, 5.41) is 3.72. The summed E-state index contributed by atoms with van der Waals surface area (Å²) in [6.45, 7) is 4.03. The van der Waals surface area contributed by atoms with Crippen LogP contribution in [0.15, 0.2) is 78.9 Å². The predicted octanol–water partition coefficient (Wildman–Crippen LogP) is 5.58. The first-order valence-corrected chi connectivity index (χ1v) is 11.8. The smallest absolute Gasteiger partial charge is 0.258 e. The van der Waals surface area contributed by atoms with Crippen molar-refractivity contribution in [3.05, 3.63) is 95.6 Å². The molecule has 2 unspecified atom stereocenters. The van der Waals surface area contributed by atoms with Crippen LogP contribution in [0.25, 0.3) is 0 Å². The topological polar surface area (TPSA) is 50.8 Å². The third-order valence-corrected chi connectivity index (χ3v) is 6.69. The van der Waals surface area contributed by atoms with Crippen molar-refractivity contribution < 1.29 is 14.3 Å². The monoisotopic (exact) mass is 442 g/mol. The summed E-state index contributed by atoms with van der Waals surface area (Å²) >= 11 is 0. The maximum absolute atomic E-state index is 13.7. The first kappa shape index (κ1) is 21.5. The molecule has 1 saturated heterocycles. The minimum absolute atomic E-state index is 0.0359. The molecule has 0 spiro atoms. The first-order chi connectivity index (χ1) is 16.2. The van der Waals surface area contributed by atoms with Crippen LogP contribution in [-0.4, -0.2) is 30.1 Å². The fraction of sp³-hybridized carbons (Fsp3) is 0.321. The van der Waals surface area contributed by atoms with Gasteiger partial charge in [-0.2, -0.15) is 0 Å². The Morgan fingerprint density at radius 3 is 2.52 bits per heavy atom. The number of benzene rings is 3. The molecule has 2 aliphatic rings. The molecule has 5 nitrogen and oxygen atoms in total. The molecule has 0 bridgehead atoms.